The second-order valence-electron chi connectivity index (χ2n) is 7.54. The molecule has 1 aromatic rings. The lowest BCUT2D eigenvalue weighted by molar-refractivity contribution is -0.139. The van der Waals surface area contributed by atoms with Gasteiger partial charge >= 0.3 is 0 Å². The summed E-state index contributed by atoms with van der Waals surface area (Å²) in [7, 11) is 0. The molecule has 1 fully saturated rings. The van der Waals surface area contributed by atoms with Crippen LogP contribution in [0.15, 0.2) is 29.3 Å². The van der Waals surface area contributed by atoms with E-state index in [2.05, 4.69) is 13.8 Å². The van der Waals surface area contributed by atoms with Crippen molar-refractivity contribution in [3.63, 3.8) is 0 Å². The smallest absolute Gasteiger partial charge is 0.273 e. The summed E-state index contributed by atoms with van der Waals surface area (Å²) in [5, 5.41) is 0.0371. The van der Waals surface area contributed by atoms with E-state index in [0.29, 0.717) is 23.7 Å². The highest BCUT2D eigenvalue weighted by Crippen LogP contribution is 2.36. The van der Waals surface area contributed by atoms with Gasteiger partial charge in [-0.05, 0) is 36.5 Å². The van der Waals surface area contributed by atoms with Gasteiger partial charge in [-0.3, -0.25) is 14.5 Å². The molecule has 0 radical (unpaired) electrons. The lowest BCUT2D eigenvalue weighted by Crippen LogP contribution is -2.40. The van der Waals surface area contributed by atoms with E-state index in [1.807, 2.05) is 12.1 Å². The van der Waals surface area contributed by atoms with Crippen LogP contribution in [0.5, 0.6) is 5.75 Å². The summed E-state index contributed by atoms with van der Waals surface area (Å²) in [6.45, 7) is 4.81. The van der Waals surface area contributed by atoms with Crippen molar-refractivity contribution < 1.29 is 14.3 Å². The Balaban J connectivity index is 1.79. The van der Waals surface area contributed by atoms with Crippen LogP contribution >= 0.6 is 11.6 Å². The summed E-state index contributed by atoms with van der Waals surface area (Å²) >= 11 is 6.29. The van der Waals surface area contributed by atoms with Crippen molar-refractivity contribution in [2.45, 2.75) is 58.4 Å². The van der Waals surface area contributed by atoms with Gasteiger partial charge < -0.3 is 4.74 Å². The third kappa shape index (κ3) is 3.96. The second kappa shape index (κ2) is 8.26. The van der Waals surface area contributed by atoms with Gasteiger partial charge in [-0.2, -0.15) is 0 Å². The minimum atomic E-state index is -0.348. The molecule has 1 aliphatic carbocycles. The second-order valence-corrected chi connectivity index (χ2v) is 7.92. The maximum atomic E-state index is 13.0. The minimum absolute atomic E-state index is 0.0302. The number of rotatable bonds is 5. The molecular formula is C21H26ClNO3. The summed E-state index contributed by atoms with van der Waals surface area (Å²) in [4.78, 5) is 27.0. The van der Waals surface area contributed by atoms with Gasteiger partial charge in [-0.1, -0.05) is 63.3 Å². The van der Waals surface area contributed by atoms with Crippen molar-refractivity contribution in [1.82, 2.24) is 4.90 Å². The molecule has 2 amide bonds. The first kappa shape index (κ1) is 19.0. The van der Waals surface area contributed by atoms with E-state index in [0.717, 1.165) is 31.4 Å². The molecule has 3 rings (SSSR count). The van der Waals surface area contributed by atoms with Crippen LogP contribution < -0.4 is 4.74 Å². The minimum Gasteiger partial charge on any atom is -0.493 e. The zero-order chi connectivity index (χ0) is 18.7. The SMILES string of the molecule is CC(C)COc1ccc(C2=C(Cl)C(=O)N(C3CCCCCC3)C2=O)cc1. The van der Waals surface area contributed by atoms with E-state index >= 15 is 0 Å². The fraction of sp³-hybridized carbons (Fsp3) is 0.524. The molecular weight excluding hydrogens is 350 g/mol. The Morgan fingerprint density at radius 3 is 2.23 bits per heavy atom. The van der Waals surface area contributed by atoms with E-state index in [4.69, 9.17) is 16.3 Å². The number of nitrogens with zero attached hydrogens (tertiary/aromatic N) is 1. The Kier molecular flexibility index (Phi) is 6.02. The van der Waals surface area contributed by atoms with Crippen LogP contribution in [0, 0.1) is 5.92 Å². The molecule has 0 spiro atoms. The zero-order valence-electron chi connectivity index (χ0n) is 15.5. The first-order valence-electron chi connectivity index (χ1n) is 9.50. The first-order chi connectivity index (χ1) is 12.5. The number of benzene rings is 1. The number of carbonyl (C=O) groups excluding carboxylic acids is 2. The van der Waals surface area contributed by atoms with Gasteiger partial charge in [0, 0.05) is 6.04 Å². The summed E-state index contributed by atoms with van der Waals surface area (Å²) in [5.41, 5.74) is 0.984. The van der Waals surface area contributed by atoms with Crippen molar-refractivity contribution >= 4 is 29.0 Å². The summed E-state index contributed by atoms with van der Waals surface area (Å²) in [5.74, 6) is 0.576. The molecule has 4 nitrogen and oxygen atoms in total. The molecule has 0 unspecified atom stereocenters. The molecule has 0 bridgehead atoms. The van der Waals surface area contributed by atoms with E-state index in [1.165, 1.54) is 17.7 Å². The van der Waals surface area contributed by atoms with E-state index in [-0.39, 0.29) is 22.9 Å². The molecule has 0 N–H and O–H groups in total. The van der Waals surface area contributed by atoms with Gasteiger partial charge in [-0.25, -0.2) is 0 Å². The van der Waals surface area contributed by atoms with Crippen LogP contribution in [0.1, 0.15) is 57.9 Å². The van der Waals surface area contributed by atoms with Crippen LogP contribution in [-0.2, 0) is 9.59 Å². The third-order valence-electron chi connectivity index (χ3n) is 4.97. The van der Waals surface area contributed by atoms with Gasteiger partial charge in [0.25, 0.3) is 11.8 Å². The number of hydrogen-bond donors (Lipinski definition) is 0. The van der Waals surface area contributed by atoms with Gasteiger partial charge in [0.1, 0.15) is 10.8 Å². The molecule has 2 aliphatic rings. The fourth-order valence-corrected chi connectivity index (χ4v) is 3.88. The number of ether oxygens (including phenoxy) is 1. The Morgan fingerprint density at radius 2 is 1.65 bits per heavy atom. The maximum Gasteiger partial charge on any atom is 0.273 e. The van der Waals surface area contributed by atoms with E-state index < -0.39 is 0 Å². The maximum absolute atomic E-state index is 13.0. The molecule has 0 atom stereocenters. The van der Waals surface area contributed by atoms with Crippen LogP contribution in [0.3, 0.4) is 0 Å². The van der Waals surface area contributed by atoms with Crippen molar-refractivity contribution in [1.29, 1.82) is 0 Å². The zero-order valence-corrected chi connectivity index (χ0v) is 16.2. The van der Waals surface area contributed by atoms with Crippen molar-refractivity contribution in [2.24, 2.45) is 5.92 Å². The average Bonchev–Trinajstić information content (AvgIpc) is 2.81. The van der Waals surface area contributed by atoms with Crippen molar-refractivity contribution in [2.75, 3.05) is 6.61 Å². The Hall–Kier alpha value is -1.81. The summed E-state index contributed by atoms with van der Waals surface area (Å²) in [6, 6.07) is 7.21. The number of imide groups is 1. The number of halogens is 1. The number of hydrogen-bond acceptors (Lipinski definition) is 3. The predicted molar refractivity (Wildman–Crippen MR) is 103 cm³/mol. The monoisotopic (exact) mass is 375 g/mol. The molecule has 0 aromatic heterocycles. The highest BCUT2D eigenvalue weighted by atomic mass is 35.5. The molecule has 1 saturated carbocycles. The third-order valence-corrected chi connectivity index (χ3v) is 5.33. The van der Waals surface area contributed by atoms with E-state index in [9.17, 15) is 9.59 Å². The standard InChI is InChI=1S/C21H26ClNO3/c1-14(2)13-26-17-11-9-15(10-12-17)18-19(22)21(25)23(20(18)24)16-7-5-3-4-6-8-16/h9-12,14,16H,3-8,13H2,1-2H3. The normalized spacial score (nSPS) is 19.5. The van der Waals surface area contributed by atoms with Crippen LogP contribution in [-0.4, -0.2) is 29.4 Å². The lowest BCUT2D eigenvalue weighted by Gasteiger charge is -2.25. The van der Waals surface area contributed by atoms with Gasteiger partial charge in [-0.15, -0.1) is 0 Å². The summed E-state index contributed by atoms with van der Waals surface area (Å²) in [6.07, 6.45) is 6.18. The predicted octanol–water partition coefficient (Wildman–Crippen LogP) is 4.76. The van der Waals surface area contributed by atoms with Crippen molar-refractivity contribution in [3.8, 4) is 5.75 Å². The van der Waals surface area contributed by atoms with Crippen LogP contribution in [0.4, 0.5) is 0 Å². The molecule has 0 saturated heterocycles. The molecule has 1 heterocycles. The Morgan fingerprint density at radius 1 is 1.04 bits per heavy atom. The summed E-state index contributed by atoms with van der Waals surface area (Å²) < 4.78 is 5.68. The molecule has 1 aromatic carbocycles. The average molecular weight is 376 g/mol. The molecule has 5 heteroatoms. The fourth-order valence-electron chi connectivity index (χ4n) is 3.60. The van der Waals surface area contributed by atoms with Crippen molar-refractivity contribution in [3.05, 3.63) is 34.9 Å². The Labute approximate surface area is 160 Å². The van der Waals surface area contributed by atoms with Gasteiger partial charge in [0.15, 0.2) is 0 Å². The van der Waals surface area contributed by atoms with E-state index in [1.54, 1.807) is 12.1 Å². The lowest BCUT2D eigenvalue weighted by atomic mass is 10.0. The molecule has 26 heavy (non-hydrogen) atoms. The highest BCUT2D eigenvalue weighted by molar-refractivity contribution is 6.55. The van der Waals surface area contributed by atoms with Crippen LogP contribution in [0.25, 0.3) is 5.57 Å². The van der Waals surface area contributed by atoms with Gasteiger partial charge in [0.2, 0.25) is 0 Å². The quantitative estimate of drug-likeness (QED) is 0.550. The van der Waals surface area contributed by atoms with Gasteiger partial charge in [0.05, 0.1) is 12.2 Å². The highest BCUT2D eigenvalue weighted by Gasteiger charge is 2.41. The number of amides is 2. The topological polar surface area (TPSA) is 46.6 Å². The van der Waals surface area contributed by atoms with Crippen LogP contribution in [0.2, 0.25) is 0 Å². The molecule has 1 aliphatic heterocycles. The first-order valence-corrected chi connectivity index (χ1v) is 9.87. The largest absolute Gasteiger partial charge is 0.493 e. The molecule has 140 valence electrons. The Bertz CT molecular complexity index is 700. The number of carbonyl (C=O) groups is 2.